The highest BCUT2D eigenvalue weighted by Gasteiger charge is 2.24. The molecule has 0 radical (unpaired) electrons. The van der Waals surface area contributed by atoms with Crippen molar-refractivity contribution in [1.82, 2.24) is 20.1 Å². The molecule has 2 amide bonds. The van der Waals surface area contributed by atoms with Crippen molar-refractivity contribution in [1.29, 1.82) is 0 Å². The maximum atomic E-state index is 12.5. The first-order chi connectivity index (χ1) is 14.1. The molecule has 148 valence electrons. The predicted molar refractivity (Wildman–Crippen MR) is 112 cm³/mol. The zero-order chi connectivity index (χ0) is 20.2. The lowest BCUT2D eigenvalue weighted by molar-refractivity contribution is -0.121. The number of thioether (sulfide) groups is 1. The average Bonchev–Trinajstić information content (AvgIpc) is 3.28. The van der Waals surface area contributed by atoms with Crippen molar-refractivity contribution in [2.75, 3.05) is 17.2 Å². The van der Waals surface area contributed by atoms with E-state index in [1.807, 2.05) is 55.5 Å². The largest absolute Gasteiger partial charge is 0.350 e. The van der Waals surface area contributed by atoms with Gasteiger partial charge in [0, 0.05) is 17.9 Å². The van der Waals surface area contributed by atoms with Crippen LogP contribution in [0.3, 0.4) is 0 Å². The van der Waals surface area contributed by atoms with Crippen LogP contribution in [-0.2, 0) is 9.59 Å². The Morgan fingerprint density at radius 2 is 2.00 bits per heavy atom. The highest BCUT2D eigenvalue weighted by Crippen LogP contribution is 2.34. The first kappa shape index (κ1) is 19.2. The number of hydrogen-bond acceptors (Lipinski definition) is 5. The molecule has 29 heavy (non-hydrogen) atoms. The van der Waals surface area contributed by atoms with Crippen LogP contribution in [-0.4, -0.2) is 38.9 Å². The topological polar surface area (TPSA) is 80.1 Å². The summed E-state index contributed by atoms with van der Waals surface area (Å²) in [6, 6.07) is 15.5. The Morgan fingerprint density at radius 3 is 2.76 bits per heavy atom. The van der Waals surface area contributed by atoms with Crippen molar-refractivity contribution in [3.63, 3.8) is 0 Å². The fourth-order valence-corrected chi connectivity index (χ4v) is 4.20. The van der Waals surface area contributed by atoms with Gasteiger partial charge in [0.25, 0.3) is 0 Å². The molecule has 0 saturated heterocycles. The molecule has 0 aliphatic carbocycles. The molecule has 0 bridgehead atoms. The van der Waals surface area contributed by atoms with Crippen LogP contribution in [0, 0.1) is 0 Å². The number of nitrogens with zero attached hydrogens (tertiary/aromatic N) is 4. The van der Waals surface area contributed by atoms with Crippen molar-refractivity contribution in [2.45, 2.75) is 24.3 Å². The van der Waals surface area contributed by atoms with Gasteiger partial charge in [0.1, 0.15) is 12.7 Å². The van der Waals surface area contributed by atoms with Crippen LogP contribution >= 0.6 is 11.8 Å². The van der Waals surface area contributed by atoms with E-state index < -0.39 is 0 Å². The van der Waals surface area contributed by atoms with Crippen molar-refractivity contribution >= 4 is 29.3 Å². The Morgan fingerprint density at radius 1 is 1.21 bits per heavy atom. The maximum absolute atomic E-state index is 12.5. The number of carbonyl (C=O) groups is 2. The van der Waals surface area contributed by atoms with Crippen molar-refractivity contribution in [3.05, 3.63) is 66.7 Å². The summed E-state index contributed by atoms with van der Waals surface area (Å²) in [6.45, 7) is 2.32. The third-order valence-corrected chi connectivity index (χ3v) is 5.87. The fourth-order valence-electron chi connectivity index (χ4n) is 3.27. The van der Waals surface area contributed by atoms with E-state index in [2.05, 4.69) is 15.4 Å². The van der Waals surface area contributed by atoms with Gasteiger partial charge >= 0.3 is 0 Å². The average molecular weight is 407 g/mol. The molecule has 0 spiro atoms. The van der Waals surface area contributed by atoms with Crippen molar-refractivity contribution in [3.8, 4) is 5.69 Å². The highest BCUT2D eigenvalue weighted by molar-refractivity contribution is 8.00. The van der Waals surface area contributed by atoms with Crippen molar-refractivity contribution in [2.24, 2.45) is 0 Å². The van der Waals surface area contributed by atoms with Crippen LogP contribution in [0.25, 0.3) is 5.69 Å². The molecule has 0 fully saturated rings. The summed E-state index contributed by atoms with van der Waals surface area (Å²) in [7, 11) is 0. The first-order valence-corrected chi connectivity index (χ1v) is 10.4. The molecule has 1 aliphatic heterocycles. The molecule has 1 aromatic heterocycles. The molecule has 2 heterocycles. The predicted octanol–water partition coefficient (Wildman–Crippen LogP) is 2.97. The number of benzene rings is 2. The second-order valence-electron chi connectivity index (χ2n) is 6.77. The zero-order valence-electron chi connectivity index (χ0n) is 16.0. The molecular formula is C21H21N5O2S. The normalized spacial score (nSPS) is 14.4. The number of fused-ring (bicyclic) bond motifs is 1. The van der Waals surface area contributed by atoms with E-state index in [4.69, 9.17) is 0 Å². The fraction of sp³-hybridized carbons (Fsp3) is 0.238. The smallest absolute Gasteiger partial charge is 0.237 e. The molecule has 1 unspecified atom stereocenters. The lowest BCUT2D eigenvalue weighted by atomic mass is 10.1. The summed E-state index contributed by atoms with van der Waals surface area (Å²) in [4.78, 5) is 31.5. The van der Waals surface area contributed by atoms with Gasteiger partial charge in [-0.3, -0.25) is 9.59 Å². The molecule has 8 heteroatoms. The van der Waals surface area contributed by atoms with Crippen molar-refractivity contribution < 1.29 is 9.59 Å². The van der Waals surface area contributed by atoms with Crippen LogP contribution in [0.2, 0.25) is 0 Å². The van der Waals surface area contributed by atoms with E-state index in [9.17, 15) is 9.59 Å². The first-order valence-electron chi connectivity index (χ1n) is 9.38. The van der Waals surface area contributed by atoms with Gasteiger partial charge in [-0.25, -0.2) is 9.67 Å². The Balaban J connectivity index is 1.34. The molecule has 3 aromatic rings. The van der Waals surface area contributed by atoms with E-state index in [0.29, 0.717) is 12.3 Å². The quantitative estimate of drug-likeness (QED) is 0.680. The molecule has 7 nitrogen and oxygen atoms in total. The second kappa shape index (κ2) is 8.48. The SMILES string of the molecule is CC(NC(=O)CCN1C(=O)CSc2ccccc21)c1ccc(-n2cncn2)cc1. The molecule has 1 N–H and O–H groups in total. The monoisotopic (exact) mass is 407 g/mol. The number of anilines is 1. The van der Waals surface area contributed by atoms with Crippen LogP contribution < -0.4 is 10.2 Å². The molecule has 1 aliphatic rings. The maximum Gasteiger partial charge on any atom is 0.237 e. The number of amides is 2. The zero-order valence-corrected chi connectivity index (χ0v) is 16.8. The number of aromatic nitrogens is 3. The van der Waals surface area contributed by atoms with E-state index in [1.165, 1.54) is 6.33 Å². The summed E-state index contributed by atoms with van der Waals surface area (Å²) < 4.78 is 1.68. The Kier molecular flexibility index (Phi) is 5.62. The van der Waals surface area contributed by atoms with E-state index >= 15 is 0 Å². The van der Waals surface area contributed by atoms with Gasteiger partial charge < -0.3 is 10.2 Å². The van der Waals surface area contributed by atoms with Gasteiger partial charge in [0.2, 0.25) is 11.8 Å². The number of rotatable bonds is 6. The lowest BCUT2D eigenvalue weighted by Crippen LogP contribution is -2.38. The summed E-state index contributed by atoms with van der Waals surface area (Å²) >= 11 is 1.54. The molecule has 2 aromatic carbocycles. The van der Waals surface area contributed by atoms with Crippen LogP contribution in [0.5, 0.6) is 0 Å². The lowest BCUT2D eigenvalue weighted by Gasteiger charge is -2.28. The minimum absolute atomic E-state index is 0.0400. The van der Waals surface area contributed by atoms with Gasteiger partial charge in [-0.1, -0.05) is 24.3 Å². The van der Waals surface area contributed by atoms with Gasteiger partial charge in [0.05, 0.1) is 23.2 Å². The van der Waals surface area contributed by atoms with Gasteiger partial charge in [-0.15, -0.1) is 11.8 Å². The third-order valence-electron chi connectivity index (χ3n) is 4.82. The van der Waals surface area contributed by atoms with Crippen LogP contribution in [0.4, 0.5) is 5.69 Å². The van der Waals surface area contributed by atoms with E-state index in [-0.39, 0.29) is 24.3 Å². The second-order valence-corrected chi connectivity index (χ2v) is 7.79. The number of hydrogen-bond donors (Lipinski definition) is 1. The van der Waals surface area contributed by atoms with Gasteiger partial charge in [0.15, 0.2) is 0 Å². The van der Waals surface area contributed by atoms with E-state index in [0.717, 1.165) is 21.8 Å². The molecule has 1 atom stereocenters. The van der Waals surface area contributed by atoms with Crippen LogP contribution in [0.1, 0.15) is 24.9 Å². The number of para-hydroxylation sites is 1. The number of carbonyl (C=O) groups excluding carboxylic acids is 2. The van der Waals surface area contributed by atoms with E-state index in [1.54, 1.807) is 27.7 Å². The Bertz CT molecular complexity index is 1000. The highest BCUT2D eigenvalue weighted by atomic mass is 32.2. The Labute approximate surface area is 173 Å². The molecule has 0 saturated carbocycles. The standard InChI is InChI=1S/C21H21N5O2S/c1-15(16-6-8-17(9-7-16)26-14-22-13-23-26)24-20(27)10-11-25-18-4-2-3-5-19(18)29-12-21(25)28/h2-9,13-15H,10-12H2,1H3,(H,24,27). The Hall–Kier alpha value is -3.13. The van der Waals surface area contributed by atoms with Crippen LogP contribution in [0.15, 0.2) is 66.1 Å². The summed E-state index contributed by atoms with van der Waals surface area (Å²) in [5.41, 5.74) is 2.79. The summed E-state index contributed by atoms with van der Waals surface area (Å²) in [5, 5.41) is 7.11. The van der Waals surface area contributed by atoms with Gasteiger partial charge in [-0.05, 0) is 36.8 Å². The summed E-state index contributed by atoms with van der Waals surface area (Å²) in [5.74, 6) is 0.368. The number of nitrogens with one attached hydrogen (secondary N) is 1. The minimum Gasteiger partial charge on any atom is -0.350 e. The third kappa shape index (κ3) is 4.32. The van der Waals surface area contributed by atoms with Gasteiger partial charge in [-0.2, -0.15) is 5.10 Å². The molecule has 4 rings (SSSR count). The minimum atomic E-state index is -0.132. The summed E-state index contributed by atoms with van der Waals surface area (Å²) in [6.07, 6.45) is 3.38. The molecular weight excluding hydrogens is 386 g/mol.